The molecular formula is C15H9N5O2. The molecule has 0 aliphatic rings. The van der Waals surface area contributed by atoms with E-state index in [1.807, 2.05) is 18.2 Å². The molecule has 4 rings (SSSR count). The van der Waals surface area contributed by atoms with Crippen molar-refractivity contribution in [2.75, 3.05) is 0 Å². The number of fused-ring (bicyclic) bond motifs is 1. The molecule has 0 spiro atoms. The molecule has 0 saturated heterocycles. The minimum absolute atomic E-state index is 0.264. The number of benzene rings is 1. The van der Waals surface area contributed by atoms with Gasteiger partial charge in [-0.05, 0) is 12.1 Å². The lowest BCUT2D eigenvalue weighted by Gasteiger charge is -1.98. The van der Waals surface area contributed by atoms with Gasteiger partial charge < -0.3 is 4.42 Å². The summed E-state index contributed by atoms with van der Waals surface area (Å²) >= 11 is 0. The number of nitrogens with zero attached hydrogens (tertiary/aromatic N) is 4. The van der Waals surface area contributed by atoms with Crippen molar-refractivity contribution in [2.24, 2.45) is 0 Å². The quantitative estimate of drug-likeness (QED) is 0.567. The van der Waals surface area contributed by atoms with Crippen LogP contribution in [0.3, 0.4) is 0 Å². The van der Waals surface area contributed by atoms with E-state index in [1.165, 1.54) is 0 Å². The highest BCUT2D eigenvalue weighted by atomic mass is 16.4. The molecule has 7 heteroatoms. The molecule has 3 aromatic heterocycles. The summed E-state index contributed by atoms with van der Waals surface area (Å²) in [5.74, 6) is 0.704. The molecule has 4 aromatic rings. The largest absolute Gasteiger partial charge is 0.422 e. The van der Waals surface area contributed by atoms with Crippen LogP contribution in [0.2, 0.25) is 0 Å². The summed E-state index contributed by atoms with van der Waals surface area (Å²) in [6.07, 6.45) is 4.69. The van der Waals surface area contributed by atoms with E-state index in [9.17, 15) is 4.79 Å². The van der Waals surface area contributed by atoms with Crippen LogP contribution in [-0.2, 0) is 0 Å². The van der Waals surface area contributed by atoms with Crippen molar-refractivity contribution in [1.29, 1.82) is 0 Å². The molecule has 0 aliphatic carbocycles. The van der Waals surface area contributed by atoms with Crippen LogP contribution in [-0.4, -0.2) is 25.1 Å². The second kappa shape index (κ2) is 4.88. The SMILES string of the molecule is O=c1oc2ccccc2cc1-c1n[nH]c(-c2cnccn2)n1. The molecule has 7 nitrogen and oxygen atoms in total. The Morgan fingerprint density at radius 1 is 1.14 bits per heavy atom. The molecule has 0 bridgehead atoms. The highest BCUT2D eigenvalue weighted by molar-refractivity contribution is 5.80. The van der Waals surface area contributed by atoms with Crippen molar-refractivity contribution >= 4 is 11.0 Å². The highest BCUT2D eigenvalue weighted by Crippen LogP contribution is 2.19. The maximum atomic E-state index is 12.1. The molecule has 1 aromatic carbocycles. The van der Waals surface area contributed by atoms with E-state index >= 15 is 0 Å². The molecule has 3 heterocycles. The fourth-order valence-electron chi connectivity index (χ4n) is 2.14. The Labute approximate surface area is 123 Å². The average Bonchev–Trinajstić information content (AvgIpc) is 3.05. The van der Waals surface area contributed by atoms with E-state index in [0.717, 1.165) is 5.39 Å². The number of aromatic amines is 1. The van der Waals surface area contributed by atoms with Gasteiger partial charge in [0, 0.05) is 17.8 Å². The van der Waals surface area contributed by atoms with Crippen molar-refractivity contribution in [1.82, 2.24) is 25.1 Å². The van der Waals surface area contributed by atoms with Crippen molar-refractivity contribution < 1.29 is 4.42 Å². The van der Waals surface area contributed by atoms with Gasteiger partial charge in [0.15, 0.2) is 11.6 Å². The van der Waals surface area contributed by atoms with E-state index in [1.54, 1.807) is 30.7 Å². The normalized spacial score (nSPS) is 10.9. The molecule has 1 N–H and O–H groups in total. The summed E-state index contributed by atoms with van der Waals surface area (Å²) in [7, 11) is 0. The Kier molecular flexibility index (Phi) is 2.75. The first-order chi connectivity index (χ1) is 10.8. The van der Waals surface area contributed by atoms with Gasteiger partial charge in [-0.25, -0.2) is 14.8 Å². The van der Waals surface area contributed by atoms with Crippen molar-refractivity contribution in [3.8, 4) is 22.9 Å². The highest BCUT2D eigenvalue weighted by Gasteiger charge is 2.14. The molecule has 0 fully saturated rings. The zero-order valence-electron chi connectivity index (χ0n) is 11.2. The lowest BCUT2D eigenvalue weighted by Crippen LogP contribution is -2.03. The second-order valence-corrected chi connectivity index (χ2v) is 4.58. The first kappa shape index (κ1) is 12.4. The van der Waals surface area contributed by atoms with Gasteiger partial charge in [-0.15, -0.1) is 0 Å². The smallest absolute Gasteiger partial charge is 0.347 e. The van der Waals surface area contributed by atoms with Gasteiger partial charge in [-0.2, -0.15) is 5.10 Å². The summed E-state index contributed by atoms with van der Waals surface area (Å²) in [5, 5.41) is 7.63. The zero-order valence-corrected chi connectivity index (χ0v) is 11.2. The fourth-order valence-corrected chi connectivity index (χ4v) is 2.14. The van der Waals surface area contributed by atoms with Crippen LogP contribution in [0.4, 0.5) is 0 Å². The third-order valence-corrected chi connectivity index (χ3v) is 3.17. The van der Waals surface area contributed by atoms with Gasteiger partial charge in [-0.3, -0.25) is 10.1 Å². The van der Waals surface area contributed by atoms with E-state index in [4.69, 9.17) is 4.42 Å². The van der Waals surface area contributed by atoms with E-state index in [0.29, 0.717) is 22.7 Å². The monoisotopic (exact) mass is 291 g/mol. The van der Waals surface area contributed by atoms with Crippen LogP contribution in [0.1, 0.15) is 0 Å². The van der Waals surface area contributed by atoms with Crippen LogP contribution in [0, 0.1) is 0 Å². The summed E-state index contributed by atoms with van der Waals surface area (Å²) in [5.41, 5.74) is 0.890. The molecule has 106 valence electrons. The Hall–Kier alpha value is -3.35. The second-order valence-electron chi connectivity index (χ2n) is 4.58. The molecule has 0 radical (unpaired) electrons. The van der Waals surface area contributed by atoms with E-state index < -0.39 is 5.63 Å². The summed E-state index contributed by atoms with van der Waals surface area (Å²) < 4.78 is 5.28. The molecule has 0 saturated carbocycles. The molecule has 22 heavy (non-hydrogen) atoms. The first-order valence-electron chi connectivity index (χ1n) is 6.53. The van der Waals surface area contributed by atoms with Crippen LogP contribution < -0.4 is 5.63 Å². The van der Waals surface area contributed by atoms with Crippen LogP contribution in [0.25, 0.3) is 33.9 Å². The van der Waals surface area contributed by atoms with Crippen LogP contribution in [0.5, 0.6) is 0 Å². The van der Waals surface area contributed by atoms with Crippen molar-refractivity contribution in [3.05, 3.63) is 59.3 Å². The number of nitrogens with one attached hydrogen (secondary N) is 1. The third kappa shape index (κ3) is 2.05. The minimum atomic E-state index is -0.483. The van der Waals surface area contributed by atoms with Gasteiger partial charge in [0.25, 0.3) is 0 Å². The number of aromatic nitrogens is 5. The first-order valence-corrected chi connectivity index (χ1v) is 6.53. The zero-order chi connectivity index (χ0) is 14.9. The van der Waals surface area contributed by atoms with Gasteiger partial charge >= 0.3 is 5.63 Å². The standard InChI is InChI=1S/C15H9N5O2/c21-15-10(7-9-3-1-2-4-12(9)22-15)13-18-14(20-19-13)11-8-16-5-6-17-11/h1-8H,(H,18,19,20). The minimum Gasteiger partial charge on any atom is -0.422 e. The summed E-state index contributed by atoms with van der Waals surface area (Å²) in [6, 6.07) is 8.99. The van der Waals surface area contributed by atoms with Gasteiger partial charge in [-0.1, -0.05) is 18.2 Å². The lowest BCUT2D eigenvalue weighted by atomic mass is 10.2. The Balaban J connectivity index is 1.84. The van der Waals surface area contributed by atoms with Gasteiger partial charge in [0.2, 0.25) is 0 Å². The number of para-hydroxylation sites is 1. The van der Waals surface area contributed by atoms with Crippen LogP contribution in [0.15, 0.2) is 58.1 Å². The summed E-state index contributed by atoms with van der Waals surface area (Å²) in [6.45, 7) is 0. The van der Waals surface area contributed by atoms with Crippen LogP contribution >= 0.6 is 0 Å². The average molecular weight is 291 g/mol. The Morgan fingerprint density at radius 3 is 2.91 bits per heavy atom. The fraction of sp³-hybridized carbons (Fsp3) is 0. The predicted molar refractivity (Wildman–Crippen MR) is 78.9 cm³/mol. The van der Waals surface area contributed by atoms with Gasteiger partial charge in [0.05, 0.1) is 6.20 Å². The third-order valence-electron chi connectivity index (χ3n) is 3.17. The Bertz CT molecular complexity index is 1010. The number of hydrogen-bond donors (Lipinski definition) is 1. The van der Waals surface area contributed by atoms with E-state index in [2.05, 4.69) is 25.1 Å². The molecule has 0 amide bonds. The van der Waals surface area contributed by atoms with Crippen molar-refractivity contribution in [3.63, 3.8) is 0 Å². The maximum absolute atomic E-state index is 12.1. The van der Waals surface area contributed by atoms with Crippen molar-refractivity contribution in [2.45, 2.75) is 0 Å². The molecule has 0 atom stereocenters. The van der Waals surface area contributed by atoms with E-state index in [-0.39, 0.29) is 5.82 Å². The molecule has 0 unspecified atom stereocenters. The number of H-pyrrole nitrogens is 1. The molecule has 0 aliphatic heterocycles. The summed E-state index contributed by atoms with van der Waals surface area (Å²) in [4.78, 5) is 24.5. The predicted octanol–water partition coefficient (Wildman–Crippen LogP) is 2.04. The Morgan fingerprint density at radius 2 is 2.05 bits per heavy atom. The lowest BCUT2D eigenvalue weighted by molar-refractivity contribution is 0.563. The number of rotatable bonds is 2. The number of hydrogen-bond acceptors (Lipinski definition) is 6. The maximum Gasteiger partial charge on any atom is 0.347 e. The molecular weight excluding hydrogens is 282 g/mol. The van der Waals surface area contributed by atoms with Gasteiger partial charge in [0.1, 0.15) is 16.8 Å². The topological polar surface area (TPSA) is 97.6 Å².